The third-order valence-electron chi connectivity index (χ3n) is 3.84. The number of halogens is 2. The van der Waals surface area contributed by atoms with Crippen LogP contribution in [0.25, 0.3) is 21.9 Å². The van der Waals surface area contributed by atoms with Crippen LogP contribution in [-0.4, -0.2) is 19.9 Å². The fourth-order valence-electron chi connectivity index (χ4n) is 2.66. The van der Waals surface area contributed by atoms with Crippen molar-refractivity contribution in [2.24, 2.45) is 0 Å². The highest BCUT2D eigenvalue weighted by Crippen LogP contribution is 2.30. The molecule has 7 nitrogen and oxygen atoms in total. The van der Waals surface area contributed by atoms with Gasteiger partial charge in [0, 0.05) is 21.1 Å². The monoisotopic (exact) mass is 385 g/mol. The molecule has 9 heteroatoms. The number of nitrogen functional groups attached to an aromatic ring is 2. The van der Waals surface area contributed by atoms with Crippen molar-refractivity contribution in [3.05, 3.63) is 52.3 Å². The van der Waals surface area contributed by atoms with Gasteiger partial charge in [-0.05, 0) is 29.7 Å². The van der Waals surface area contributed by atoms with Crippen LogP contribution in [0.5, 0.6) is 0 Å². The van der Waals surface area contributed by atoms with E-state index in [2.05, 4.69) is 25.3 Å². The highest BCUT2D eigenvalue weighted by Gasteiger charge is 2.08. The zero-order chi connectivity index (χ0) is 18.3. The number of nitrogens with zero attached hydrogens (tertiary/aromatic N) is 4. The highest BCUT2D eigenvalue weighted by molar-refractivity contribution is 6.38. The third kappa shape index (κ3) is 3.14. The number of hydrogen-bond acceptors (Lipinski definition) is 7. The van der Waals surface area contributed by atoms with Crippen molar-refractivity contribution in [2.75, 3.05) is 16.8 Å². The Morgan fingerprint density at radius 1 is 1.00 bits per heavy atom. The molecule has 2 aromatic carbocycles. The van der Waals surface area contributed by atoms with Gasteiger partial charge in [0.15, 0.2) is 17.0 Å². The molecule has 0 spiro atoms. The maximum Gasteiger partial charge on any atom is 0.224 e. The van der Waals surface area contributed by atoms with Crippen molar-refractivity contribution < 1.29 is 0 Å². The molecular formula is C17H13Cl2N7. The van der Waals surface area contributed by atoms with Crippen molar-refractivity contribution >= 4 is 62.6 Å². The van der Waals surface area contributed by atoms with Crippen molar-refractivity contribution in [1.29, 1.82) is 0 Å². The van der Waals surface area contributed by atoms with Crippen LogP contribution in [0.2, 0.25) is 10.0 Å². The minimum absolute atomic E-state index is 0.0728. The van der Waals surface area contributed by atoms with Crippen molar-refractivity contribution in [1.82, 2.24) is 19.9 Å². The summed E-state index contributed by atoms with van der Waals surface area (Å²) in [6, 6.07) is 9.44. The average Bonchev–Trinajstić information content (AvgIpc) is 2.59. The first-order valence-electron chi connectivity index (χ1n) is 7.67. The lowest BCUT2D eigenvalue weighted by molar-refractivity contribution is 1.03. The first-order valence-corrected chi connectivity index (χ1v) is 8.42. The Balaban J connectivity index is 1.61. The molecule has 0 unspecified atom stereocenters. The number of fused-ring (bicyclic) bond motifs is 2. The van der Waals surface area contributed by atoms with Gasteiger partial charge in [0.1, 0.15) is 0 Å². The Kier molecular flexibility index (Phi) is 4.10. The van der Waals surface area contributed by atoms with Gasteiger partial charge in [0.05, 0.1) is 18.4 Å². The lowest BCUT2D eigenvalue weighted by Crippen LogP contribution is -2.07. The molecule has 0 radical (unpaired) electrons. The van der Waals surface area contributed by atoms with E-state index in [0.29, 0.717) is 33.4 Å². The zero-order valence-electron chi connectivity index (χ0n) is 13.4. The zero-order valence-corrected chi connectivity index (χ0v) is 14.9. The molecule has 0 saturated heterocycles. The van der Waals surface area contributed by atoms with Crippen LogP contribution in [0, 0.1) is 0 Å². The van der Waals surface area contributed by atoms with Gasteiger partial charge in [0.2, 0.25) is 5.95 Å². The lowest BCUT2D eigenvalue weighted by Gasteiger charge is -2.09. The summed E-state index contributed by atoms with van der Waals surface area (Å²) in [5, 5.41) is 6.39. The van der Waals surface area contributed by atoms with Gasteiger partial charge < -0.3 is 16.8 Å². The van der Waals surface area contributed by atoms with Gasteiger partial charge in [-0.15, -0.1) is 0 Å². The van der Waals surface area contributed by atoms with E-state index in [0.717, 1.165) is 16.5 Å². The standard InChI is InChI=1S/C17H13Cl2N7/c18-9-3-8-4-10(1-2-12(8)13(19)5-9)22-6-11-7-23-16-14(24-11)15(20)25-17(21)26-16/h1-5,7,22H,6H2,(H4,20,21,23,25,26). The summed E-state index contributed by atoms with van der Waals surface area (Å²) in [5.41, 5.74) is 13.8. The van der Waals surface area contributed by atoms with Gasteiger partial charge in [-0.3, -0.25) is 0 Å². The second-order valence-electron chi connectivity index (χ2n) is 5.68. The van der Waals surface area contributed by atoms with Gasteiger partial charge in [-0.25, -0.2) is 9.97 Å². The first-order chi connectivity index (χ1) is 12.5. The largest absolute Gasteiger partial charge is 0.382 e. The van der Waals surface area contributed by atoms with Crippen LogP contribution in [0.3, 0.4) is 0 Å². The molecule has 2 aromatic heterocycles. The number of hydrogen-bond donors (Lipinski definition) is 3. The molecule has 130 valence electrons. The predicted molar refractivity (Wildman–Crippen MR) is 105 cm³/mol. The van der Waals surface area contributed by atoms with Crippen LogP contribution < -0.4 is 16.8 Å². The fourth-order valence-corrected chi connectivity index (χ4v) is 3.23. The average molecular weight is 386 g/mol. The molecule has 0 amide bonds. The molecule has 0 aliphatic heterocycles. The summed E-state index contributed by atoms with van der Waals surface area (Å²) >= 11 is 12.3. The number of nitrogens with one attached hydrogen (secondary N) is 1. The quantitative estimate of drug-likeness (QED) is 0.492. The third-order valence-corrected chi connectivity index (χ3v) is 4.37. The maximum atomic E-state index is 6.21. The Labute approximate surface area is 158 Å². The molecule has 2 heterocycles. The smallest absolute Gasteiger partial charge is 0.224 e. The van der Waals surface area contributed by atoms with E-state index >= 15 is 0 Å². The summed E-state index contributed by atoms with van der Waals surface area (Å²) in [7, 11) is 0. The molecule has 0 aliphatic carbocycles. The van der Waals surface area contributed by atoms with Gasteiger partial charge in [-0.1, -0.05) is 29.3 Å². The van der Waals surface area contributed by atoms with Crippen molar-refractivity contribution in [3.8, 4) is 0 Å². The summed E-state index contributed by atoms with van der Waals surface area (Å²) in [6.07, 6.45) is 1.62. The lowest BCUT2D eigenvalue weighted by atomic mass is 10.1. The van der Waals surface area contributed by atoms with E-state index in [9.17, 15) is 0 Å². The van der Waals surface area contributed by atoms with Crippen molar-refractivity contribution in [3.63, 3.8) is 0 Å². The number of benzene rings is 2. The molecule has 0 bridgehead atoms. The molecule has 4 rings (SSSR count). The van der Waals surface area contributed by atoms with E-state index in [1.54, 1.807) is 12.3 Å². The SMILES string of the molecule is Nc1nc(N)c2nc(CNc3ccc4c(Cl)cc(Cl)cc4c3)cnc2n1. The van der Waals surface area contributed by atoms with E-state index in [1.165, 1.54) is 0 Å². The number of rotatable bonds is 3. The highest BCUT2D eigenvalue weighted by atomic mass is 35.5. The number of anilines is 3. The van der Waals surface area contributed by atoms with E-state index in [-0.39, 0.29) is 11.8 Å². The number of aromatic nitrogens is 4. The molecular weight excluding hydrogens is 373 g/mol. The van der Waals surface area contributed by atoms with Crippen molar-refractivity contribution in [2.45, 2.75) is 6.54 Å². The summed E-state index contributed by atoms with van der Waals surface area (Å²) in [4.78, 5) is 16.6. The minimum Gasteiger partial charge on any atom is -0.382 e. The van der Waals surface area contributed by atoms with E-state index in [4.69, 9.17) is 34.7 Å². The molecule has 5 N–H and O–H groups in total. The Bertz CT molecular complexity index is 1150. The van der Waals surface area contributed by atoms with E-state index in [1.807, 2.05) is 24.3 Å². The fraction of sp³-hybridized carbons (Fsp3) is 0.0588. The minimum atomic E-state index is 0.0728. The first kappa shape index (κ1) is 16.6. The molecule has 0 saturated carbocycles. The molecule has 0 atom stereocenters. The van der Waals surface area contributed by atoms with Crippen LogP contribution in [0.1, 0.15) is 5.69 Å². The number of nitrogens with two attached hydrogens (primary N) is 2. The molecule has 4 aromatic rings. The summed E-state index contributed by atoms with van der Waals surface area (Å²) < 4.78 is 0. The van der Waals surface area contributed by atoms with E-state index < -0.39 is 0 Å². The molecule has 26 heavy (non-hydrogen) atoms. The predicted octanol–water partition coefficient (Wildman–Crippen LogP) is 3.66. The van der Waals surface area contributed by atoms with Crippen LogP contribution >= 0.6 is 23.2 Å². The van der Waals surface area contributed by atoms with Crippen LogP contribution in [0.4, 0.5) is 17.5 Å². The Morgan fingerprint density at radius 3 is 2.69 bits per heavy atom. The Hall–Kier alpha value is -2.90. The molecule has 0 fully saturated rings. The maximum absolute atomic E-state index is 6.21. The normalized spacial score (nSPS) is 11.2. The van der Waals surface area contributed by atoms with Gasteiger partial charge in [0.25, 0.3) is 0 Å². The second-order valence-corrected chi connectivity index (χ2v) is 6.52. The van der Waals surface area contributed by atoms with Gasteiger partial charge >= 0.3 is 0 Å². The van der Waals surface area contributed by atoms with Crippen LogP contribution in [-0.2, 0) is 6.54 Å². The van der Waals surface area contributed by atoms with Crippen LogP contribution in [0.15, 0.2) is 36.5 Å². The summed E-state index contributed by atoms with van der Waals surface area (Å²) in [5.74, 6) is 0.278. The second kappa shape index (κ2) is 6.44. The molecule has 0 aliphatic rings. The topological polar surface area (TPSA) is 116 Å². The summed E-state index contributed by atoms with van der Waals surface area (Å²) in [6.45, 7) is 0.451. The van der Waals surface area contributed by atoms with Gasteiger partial charge in [-0.2, -0.15) is 9.97 Å². The Morgan fingerprint density at radius 2 is 1.85 bits per heavy atom.